The lowest BCUT2D eigenvalue weighted by Gasteiger charge is -2.24. The summed E-state index contributed by atoms with van der Waals surface area (Å²) >= 11 is 0. The molecule has 0 fully saturated rings. The number of aliphatic carboxylic acids is 1. The minimum Gasteiger partial charge on any atom is -0.480 e. The Hall–Kier alpha value is -4.72. The summed E-state index contributed by atoms with van der Waals surface area (Å²) in [4.78, 5) is 71.7. The zero-order valence-electron chi connectivity index (χ0n) is 20.6. The second-order valence-electron chi connectivity index (χ2n) is 8.83. The van der Waals surface area contributed by atoms with Crippen LogP contribution in [0.5, 0.6) is 0 Å². The normalized spacial score (nSPS) is 14.2. The molecule has 14 nitrogen and oxygen atoms in total. The summed E-state index contributed by atoms with van der Waals surface area (Å²) in [6.45, 7) is 1.45. The molecule has 1 aromatic carbocycles. The van der Waals surface area contributed by atoms with Crippen LogP contribution in [0.4, 0.5) is 0 Å². The molecule has 4 atom stereocenters. The number of hydrogen-bond acceptors (Lipinski definition) is 7. The van der Waals surface area contributed by atoms with Gasteiger partial charge in [0, 0.05) is 41.8 Å². The van der Waals surface area contributed by atoms with Crippen LogP contribution in [-0.2, 0) is 36.8 Å². The van der Waals surface area contributed by atoms with E-state index in [-0.39, 0.29) is 12.8 Å². The quantitative estimate of drug-likeness (QED) is 0.129. The summed E-state index contributed by atoms with van der Waals surface area (Å²) in [5.74, 6) is -4.57. The first kappa shape index (κ1) is 27.9. The Balaban J connectivity index is 1.80. The number of nitrogens with one attached hydrogen (secondary N) is 5. The van der Waals surface area contributed by atoms with Crippen molar-refractivity contribution in [3.8, 4) is 0 Å². The van der Waals surface area contributed by atoms with E-state index in [4.69, 9.17) is 11.5 Å². The summed E-state index contributed by atoms with van der Waals surface area (Å²) in [6.07, 6.45) is 3.78. The van der Waals surface area contributed by atoms with Gasteiger partial charge in [-0.2, -0.15) is 0 Å². The van der Waals surface area contributed by atoms with E-state index in [9.17, 15) is 29.1 Å². The molecule has 14 heteroatoms. The van der Waals surface area contributed by atoms with Crippen molar-refractivity contribution in [2.45, 2.75) is 50.4 Å². The predicted molar refractivity (Wildman–Crippen MR) is 135 cm³/mol. The predicted octanol–water partition coefficient (Wildman–Crippen LogP) is -1.56. The molecule has 3 rings (SSSR count). The summed E-state index contributed by atoms with van der Waals surface area (Å²) in [5, 5.41) is 17.7. The Morgan fingerprint density at radius 1 is 0.947 bits per heavy atom. The van der Waals surface area contributed by atoms with Crippen LogP contribution in [0.1, 0.15) is 24.6 Å². The number of carboxylic acids is 1. The highest BCUT2D eigenvalue weighted by molar-refractivity contribution is 5.96. The lowest BCUT2D eigenvalue weighted by Crippen LogP contribution is -2.58. The van der Waals surface area contributed by atoms with Gasteiger partial charge in [-0.3, -0.25) is 19.2 Å². The number of primary amides is 1. The third-order valence-corrected chi connectivity index (χ3v) is 5.78. The first-order chi connectivity index (χ1) is 18.0. The Morgan fingerprint density at radius 2 is 1.61 bits per heavy atom. The molecule has 0 saturated heterocycles. The van der Waals surface area contributed by atoms with Crippen LogP contribution >= 0.6 is 0 Å². The number of fused-ring (bicyclic) bond motifs is 1. The Kier molecular flexibility index (Phi) is 9.16. The van der Waals surface area contributed by atoms with Crippen molar-refractivity contribution in [1.82, 2.24) is 30.9 Å². The minimum atomic E-state index is -1.50. The number of nitrogens with zero attached hydrogens (tertiary/aromatic N) is 1. The summed E-state index contributed by atoms with van der Waals surface area (Å²) in [5.41, 5.74) is 12.9. The van der Waals surface area contributed by atoms with E-state index in [1.165, 1.54) is 19.4 Å². The van der Waals surface area contributed by atoms with Crippen LogP contribution in [0.15, 0.2) is 43.0 Å². The highest BCUT2D eigenvalue weighted by Gasteiger charge is 2.31. The molecule has 4 amide bonds. The van der Waals surface area contributed by atoms with Gasteiger partial charge in [0.1, 0.15) is 18.1 Å². The van der Waals surface area contributed by atoms with Gasteiger partial charge in [0.25, 0.3) is 0 Å². The molecule has 0 radical (unpaired) electrons. The number of aromatic nitrogens is 3. The third-order valence-electron chi connectivity index (χ3n) is 5.78. The number of carbonyl (C=O) groups excluding carboxylic acids is 4. The number of carbonyl (C=O) groups is 5. The molecule has 2 aromatic heterocycles. The molecule has 4 unspecified atom stereocenters. The van der Waals surface area contributed by atoms with E-state index in [1.54, 1.807) is 6.20 Å². The minimum absolute atomic E-state index is 0.0385. The fourth-order valence-electron chi connectivity index (χ4n) is 3.80. The largest absolute Gasteiger partial charge is 0.480 e. The number of rotatable bonds is 13. The average Bonchev–Trinajstić information content (AvgIpc) is 3.52. The fourth-order valence-corrected chi connectivity index (χ4v) is 3.80. The fraction of sp³-hybridized carbons (Fsp3) is 0.333. The summed E-state index contributed by atoms with van der Waals surface area (Å²) in [6, 6.07) is 2.39. The molecule has 3 aromatic rings. The lowest BCUT2D eigenvalue weighted by atomic mass is 10.0. The number of para-hydroxylation sites is 1. The molecule has 38 heavy (non-hydrogen) atoms. The highest BCUT2D eigenvalue weighted by atomic mass is 16.4. The maximum Gasteiger partial charge on any atom is 0.326 e. The number of carboxylic acid groups (broad SMARTS) is 1. The van der Waals surface area contributed by atoms with Gasteiger partial charge in [0.15, 0.2) is 0 Å². The molecule has 0 bridgehead atoms. The van der Waals surface area contributed by atoms with Crippen LogP contribution < -0.4 is 27.4 Å². The molecule has 0 aliphatic rings. The number of hydrogen-bond donors (Lipinski definition) is 8. The van der Waals surface area contributed by atoms with Crippen LogP contribution in [0.3, 0.4) is 0 Å². The lowest BCUT2D eigenvalue weighted by molar-refractivity contribution is -0.142. The van der Waals surface area contributed by atoms with Crippen LogP contribution in [0.2, 0.25) is 0 Å². The molecular weight excluding hydrogens is 496 g/mol. The number of aromatic amines is 2. The van der Waals surface area contributed by atoms with Gasteiger partial charge in [0.05, 0.1) is 18.8 Å². The van der Waals surface area contributed by atoms with E-state index in [1.807, 2.05) is 24.3 Å². The van der Waals surface area contributed by atoms with Crippen molar-refractivity contribution in [3.63, 3.8) is 0 Å². The second-order valence-corrected chi connectivity index (χ2v) is 8.83. The smallest absolute Gasteiger partial charge is 0.326 e. The van der Waals surface area contributed by atoms with Gasteiger partial charge >= 0.3 is 5.97 Å². The molecule has 10 N–H and O–H groups in total. The number of benzene rings is 1. The molecule has 0 saturated carbocycles. The van der Waals surface area contributed by atoms with Gasteiger partial charge in [-0.1, -0.05) is 18.2 Å². The summed E-state index contributed by atoms with van der Waals surface area (Å²) in [7, 11) is 0. The van der Waals surface area contributed by atoms with E-state index in [0.29, 0.717) is 11.3 Å². The SMILES string of the molecule is CC(N)C(=O)NC(Cc1c[nH]c2ccccc12)C(=O)NC(CC(N)=O)C(=O)NC(Cc1cnc[nH]1)C(=O)O. The van der Waals surface area contributed by atoms with Gasteiger partial charge in [0.2, 0.25) is 23.6 Å². The topological polar surface area (TPSA) is 238 Å². The average molecular weight is 527 g/mol. The maximum atomic E-state index is 13.3. The highest BCUT2D eigenvalue weighted by Crippen LogP contribution is 2.19. The van der Waals surface area contributed by atoms with Gasteiger partial charge in [-0.25, -0.2) is 9.78 Å². The van der Waals surface area contributed by atoms with Crippen molar-refractivity contribution in [1.29, 1.82) is 0 Å². The van der Waals surface area contributed by atoms with Crippen molar-refractivity contribution in [2.24, 2.45) is 11.5 Å². The third kappa shape index (κ3) is 7.39. The first-order valence-corrected chi connectivity index (χ1v) is 11.7. The number of amides is 4. The molecule has 0 aliphatic heterocycles. The van der Waals surface area contributed by atoms with E-state index >= 15 is 0 Å². The Bertz CT molecular complexity index is 1300. The van der Waals surface area contributed by atoms with E-state index in [2.05, 4.69) is 30.9 Å². The number of H-pyrrole nitrogens is 2. The van der Waals surface area contributed by atoms with Crippen LogP contribution in [0.25, 0.3) is 10.9 Å². The molecule has 0 spiro atoms. The van der Waals surface area contributed by atoms with Gasteiger partial charge < -0.3 is 42.5 Å². The first-order valence-electron chi connectivity index (χ1n) is 11.7. The van der Waals surface area contributed by atoms with Gasteiger partial charge in [-0.15, -0.1) is 0 Å². The van der Waals surface area contributed by atoms with Crippen molar-refractivity contribution in [2.75, 3.05) is 0 Å². The Labute approximate surface area is 216 Å². The number of imidazole rings is 1. The van der Waals surface area contributed by atoms with E-state index < -0.39 is 60.2 Å². The van der Waals surface area contributed by atoms with E-state index in [0.717, 1.165) is 10.9 Å². The number of nitrogens with two attached hydrogens (primary N) is 2. The summed E-state index contributed by atoms with van der Waals surface area (Å²) < 4.78 is 0. The van der Waals surface area contributed by atoms with Gasteiger partial charge in [-0.05, 0) is 18.6 Å². The molecule has 202 valence electrons. The molecule has 2 heterocycles. The zero-order valence-corrected chi connectivity index (χ0v) is 20.6. The molecular formula is C24H30N8O6. The van der Waals surface area contributed by atoms with Crippen LogP contribution in [0, 0.1) is 0 Å². The standard InChI is InChI=1S/C24H30N8O6/c1-12(25)21(34)30-17(6-13-9-28-16-5-3-2-4-15(13)16)22(35)31-18(8-20(26)33)23(36)32-19(24(37)38)7-14-10-27-11-29-14/h2-5,9-12,17-19,28H,6-8,25H2,1H3,(H2,26,33)(H,27,29)(H,30,34)(H,31,35)(H,32,36)(H,37,38). The Morgan fingerprint density at radius 3 is 2.24 bits per heavy atom. The second kappa shape index (κ2) is 12.5. The van der Waals surface area contributed by atoms with Crippen molar-refractivity contribution >= 4 is 40.5 Å². The van der Waals surface area contributed by atoms with Crippen LogP contribution in [-0.4, -0.2) is 73.8 Å². The van der Waals surface area contributed by atoms with Crippen molar-refractivity contribution < 1.29 is 29.1 Å². The zero-order chi connectivity index (χ0) is 27.8. The van der Waals surface area contributed by atoms with Crippen molar-refractivity contribution in [3.05, 3.63) is 54.2 Å². The molecule has 0 aliphatic carbocycles. The maximum absolute atomic E-state index is 13.3. The monoisotopic (exact) mass is 526 g/mol.